The van der Waals surface area contributed by atoms with E-state index in [9.17, 15) is 8.78 Å². The van der Waals surface area contributed by atoms with E-state index < -0.39 is 11.6 Å². The van der Waals surface area contributed by atoms with Gasteiger partial charge in [-0.3, -0.25) is 0 Å². The molecule has 0 amide bonds. The van der Waals surface area contributed by atoms with E-state index in [-0.39, 0.29) is 12.0 Å². The van der Waals surface area contributed by atoms with Crippen LogP contribution in [0, 0.1) is 11.6 Å². The largest absolute Gasteiger partial charge is 0.496 e. The van der Waals surface area contributed by atoms with Gasteiger partial charge in [0.05, 0.1) is 13.7 Å². The summed E-state index contributed by atoms with van der Waals surface area (Å²) in [6.45, 7) is 3.45. The molecule has 0 aliphatic carbocycles. The Balaban J connectivity index is 1.98. The van der Waals surface area contributed by atoms with Crippen LogP contribution in [0.1, 0.15) is 18.1 Å². The van der Waals surface area contributed by atoms with Crippen molar-refractivity contribution in [1.82, 2.24) is 10.6 Å². The third-order valence-electron chi connectivity index (χ3n) is 3.67. The van der Waals surface area contributed by atoms with Crippen molar-refractivity contribution in [2.45, 2.75) is 19.9 Å². The molecule has 25 heavy (non-hydrogen) atoms. The average Bonchev–Trinajstić information content (AvgIpc) is 2.62. The molecule has 2 N–H and O–H groups in total. The van der Waals surface area contributed by atoms with Gasteiger partial charge in [0.2, 0.25) is 0 Å². The molecule has 0 aliphatic rings. The van der Waals surface area contributed by atoms with E-state index in [0.29, 0.717) is 25.6 Å². The highest BCUT2D eigenvalue weighted by atomic mass is 19.1. The Hall–Kier alpha value is -2.63. The second-order valence-corrected chi connectivity index (χ2v) is 5.38. The van der Waals surface area contributed by atoms with Gasteiger partial charge in [-0.1, -0.05) is 24.3 Å². The normalized spacial score (nSPS) is 11.3. The zero-order valence-corrected chi connectivity index (χ0v) is 14.5. The summed E-state index contributed by atoms with van der Waals surface area (Å²) in [4.78, 5) is 4.50. The molecule has 0 atom stereocenters. The Kier molecular flexibility index (Phi) is 7.19. The molecule has 0 saturated carbocycles. The van der Waals surface area contributed by atoms with Gasteiger partial charge in [-0.2, -0.15) is 0 Å². The number of rotatable bonds is 7. The Bertz CT molecular complexity index is 699. The minimum absolute atomic E-state index is 0.0792. The van der Waals surface area contributed by atoms with Crippen LogP contribution in [0.15, 0.2) is 47.5 Å². The van der Waals surface area contributed by atoms with Crippen molar-refractivity contribution < 1.29 is 13.5 Å². The summed E-state index contributed by atoms with van der Waals surface area (Å²) in [5.41, 5.74) is 1.04. The molecule has 0 radical (unpaired) electrons. The SMILES string of the molecule is CCNC(=NCc1ccccc1OC)NCCc1c(F)cccc1F. The monoisotopic (exact) mass is 347 g/mol. The quantitative estimate of drug-likeness (QED) is 0.597. The lowest BCUT2D eigenvalue weighted by atomic mass is 10.1. The molecule has 2 aromatic rings. The van der Waals surface area contributed by atoms with Crippen LogP contribution in [-0.4, -0.2) is 26.2 Å². The maximum atomic E-state index is 13.6. The molecule has 0 saturated heterocycles. The molecule has 4 nitrogen and oxygen atoms in total. The molecular formula is C19H23F2N3O. The molecule has 0 aliphatic heterocycles. The van der Waals surface area contributed by atoms with Crippen LogP contribution >= 0.6 is 0 Å². The molecule has 0 aromatic heterocycles. The number of aliphatic imine (C=N–C) groups is 1. The van der Waals surface area contributed by atoms with Crippen molar-refractivity contribution in [3.05, 3.63) is 65.2 Å². The van der Waals surface area contributed by atoms with Gasteiger partial charge in [-0.25, -0.2) is 13.8 Å². The molecule has 6 heteroatoms. The summed E-state index contributed by atoms with van der Waals surface area (Å²) in [6, 6.07) is 11.5. The van der Waals surface area contributed by atoms with Gasteiger partial charge in [0, 0.05) is 24.2 Å². The van der Waals surface area contributed by atoms with E-state index in [1.807, 2.05) is 31.2 Å². The zero-order chi connectivity index (χ0) is 18.1. The molecule has 0 heterocycles. The Morgan fingerprint density at radius 2 is 1.76 bits per heavy atom. The number of hydrogen-bond acceptors (Lipinski definition) is 2. The van der Waals surface area contributed by atoms with E-state index in [2.05, 4.69) is 15.6 Å². The topological polar surface area (TPSA) is 45.7 Å². The number of guanidine groups is 1. The Morgan fingerprint density at radius 3 is 2.44 bits per heavy atom. The highest BCUT2D eigenvalue weighted by Crippen LogP contribution is 2.18. The molecule has 134 valence electrons. The van der Waals surface area contributed by atoms with Crippen molar-refractivity contribution in [2.24, 2.45) is 4.99 Å². The van der Waals surface area contributed by atoms with E-state index in [1.54, 1.807) is 7.11 Å². The van der Waals surface area contributed by atoms with E-state index in [1.165, 1.54) is 18.2 Å². The van der Waals surface area contributed by atoms with Gasteiger partial charge in [-0.05, 0) is 31.5 Å². The number of nitrogens with one attached hydrogen (secondary N) is 2. The molecule has 0 unspecified atom stereocenters. The van der Waals surface area contributed by atoms with Crippen LogP contribution in [0.2, 0.25) is 0 Å². The number of para-hydroxylation sites is 1. The van der Waals surface area contributed by atoms with Crippen LogP contribution in [0.4, 0.5) is 8.78 Å². The second-order valence-electron chi connectivity index (χ2n) is 5.38. The zero-order valence-electron chi connectivity index (χ0n) is 14.5. The Morgan fingerprint density at radius 1 is 1.04 bits per heavy atom. The van der Waals surface area contributed by atoms with Crippen molar-refractivity contribution >= 4 is 5.96 Å². The van der Waals surface area contributed by atoms with Crippen LogP contribution in [-0.2, 0) is 13.0 Å². The number of nitrogens with zero attached hydrogens (tertiary/aromatic N) is 1. The number of hydrogen-bond donors (Lipinski definition) is 2. The van der Waals surface area contributed by atoms with E-state index in [4.69, 9.17) is 4.74 Å². The lowest BCUT2D eigenvalue weighted by Crippen LogP contribution is -2.38. The summed E-state index contributed by atoms with van der Waals surface area (Å²) in [5, 5.41) is 6.21. The second kappa shape index (κ2) is 9.61. The van der Waals surface area contributed by atoms with Crippen molar-refractivity contribution in [2.75, 3.05) is 20.2 Å². The first-order valence-corrected chi connectivity index (χ1v) is 8.22. The van der Waals surface area contributed by atoms with Crippen LogP contribution in [0.25, 0.3) is 0 Å². The molecule has 2 aromatic carbocycles. The summed E-state index contributed by atoms with van der Waals surface area (Å²) in [7, 11) is 1.62. The number of ether oxygens (including phenoxy) is 1. The van der Waals surface area contributed by atoms with Gasteiger partial charge in [0.15, 0.2) is 5.96 Å². The van der Waals surface area contributed by atoms with Crippen LogP contribution in [0.3, 0.4) is 0 Å². The van der Waals surface area contributed by atoms with Crippen LogP contribution in [0.5, 0.6) is 5.75 Å². The summed E-state index contributed by atoms with van der Waals surface area (Å²) in [5.74, 6) is 0.302. The fraction of sp³-hybridized carbons (Fsp3) is 0.316. The van der Waals surface area contributed by atoms with Crippen molar-refractivity contribution in [1.29, 1.82) is 0 Å². The first-order chi connectivity index (χ1) is 12.2. The number of halogens is 2. The van der Waals surface area contributed by atoms with Gasteiger partial charge in [0.25, 0.3) is 0 Å². The third-order valence-corrected chi connectivity index (χ3v) is 3.67. The van der Waals surface area contributed by atoms with Crippen molar-refractivity contribution in [3.63, 3.8) is 0 Å². The van der Waals surface area contributed by atoms with Gasteiger partial charge in [0.1, 0.15) is 17.4 Å². The lowest BCUT2D eigenvalue weighted by Gasteiger charge is -2.12. The van der Waals surface area contributed by atoms with Crippen LogP contribution < -0.4 is 15.4 Å². The van der Waals surface area contributed by atoms with Crippen molar-refractivity contribution in [3.8, 4) is 5.75 Å². The average molecular weight is 347 g/mol. The molecule has 0 fully saturated rings. The number of benzene rings is 2. The lowest BCUT2D eigenvalue weighted by molar-refractivity contribution is 0.410. The molecule has 2 rings (SSSR count). The van der Waals surface area contributed by atoms with E-state index in [0.717, 1.165) is 11.3 Å². The fourth-order valence-corrected chi connectivity index (χ4v) is 2.42. The molecule has 0 bridgehead atoms. The highest BCUT2D eigenvalue weighted by molar-refractivity contribution is 5.79. The minimum Gasteiger partial charge on any atom is -0.496 e. The van der Waals surface area contributed by atoms with Gasteiger partial charge in [-0.15, -0.1) is 0 Å². The highest BCUT2D eigenvalue weighted by Gasteiger charge is 2.08. The Labute approximate surface area is 146 Å². The van der Waals surface area contributed by atoms with E-state index >= 15 is 0 Å². The maximum absolute atomic E-state index is 13.6. The minimum atomic E-state index is -0.530. The third kappa shape index (κ3) is 5.45. The first kappa shape index (κ1) is 18.7. The maximum Gasteiger partial charge on any atom is 0.191 e. The summed E-state index contributed by atoms with van der Waals surface area (Å²) >= 11 is 0. The molecule has 0 spiro atoms. The van der Waals surface area contributed by atoms with Gasteiger partial charge < -0.3 is 15.4 Å². The summed E-state index contributed by atoms with van der Waals surface area (Å²) < 4.78 is 32.6. The first-order valence-electron chi connectivity index (χ1n) is 8.22. The van der Waals surface area contributed by atoms with Gasteiger partial charge >= 0.3 is 0 Å². The number of methoxy groups -OCH3 is 1. The fourth-order valence-electron chi connectivity index (χ4n) is 2.42. The standard InChI is InChI=1S/C19H23F2N3O/c1-3-22-19(24-13-14-7-4-5-10-18(14)25-2)23-12-11-15-16(20)8-6-9-17(15)21/h4-10H,3,11-13H2,1-2H3,(H2,22,23,24). The summed E-state index contributed by atoms with van der Waals surface area (Å²) in [6.07, 6.45) is 0.234. The predicted molar refractivity (Wildman–Crippen MR) is 95.9 cm³/mol. The predicted octanol–water partition coefficient (Wildman–Crippen LogP) is 3.27. The molecular weight excluding hydrogens is 324 g/mol. The smallest absolute Gasteiger partial charge is 0.191 e.